The molecule has 0 spiro atoms. The third-order valence-electron chi connectivity index (χ3n) is 6.54. The predicted octanol–water partition coefficient (Wildman–Crippen LogP) is 5.58. The van der Waals surface area contributed by atoms with Gasteiger partial charge in [0, 0.05) is 18.5 Å². The SMILES string of the molecule is CCOc1ccc(NC(=O)C[C@@H]2SC(N3N=C(c4ccc(C)cc4)C[C@H]3c3ccc(OC)cc3)=NC2=O)cc1. The highest BCUT2D eigenvalue weighted by Gasteiger charge is 2.39. The zero-order chi connectivity index (χ0) is 27.4. The van der Waals surface area contributed by atoms with E-state index in [1.807, 2.05) is 36.2 Å². The lowest BCUT2D eigenvalue weighted by Crippen LogP contribution is -2.25. The van der Waals surface area contributed by atoms with Crippen LogP contribution in [0.5, 0.6) is 11.5 Å². The van der Waals surface area contributed by atoms with E-state index in [0.717, 1.165) is 28.3 Å². The molecule has 0 bridgehead atoms. The van der Waals surface area contributed by atoms with Gasteiger partial charge in [0.1, 0.15) is 16.7 Å². The highest BCUT2D eigenvalue weighted by atomic mass is 32.2. The van der Waals surface area contributed by atoms with E-state index in [-0.39, 0.29) is 24.3 Å². The van der Waals surface area contributed by atoms with Crippen LogP contribution in [0, 0.1) is 6.92 Å². The second-order valence-electron chi connectivity index (χ2n) is 9.30. The van der Waals surface area contributed by atoms with Gasteiger partial charge >= 0.3 is 0 Å². The molecule has 39 heavy (non-hydrogen) atoms. The summed E-state index contributed by atoms with van der Waals surface area (Å²) in [5.41, 5.74) is 4.81. The van der Waals surface area contributed by atoms with Crippen LogP contribution in [0.4, 0.5) is 5.69 Å². The Morgan fingerprint density at radius 1 is 1.03 bits per heavy atom. The lowest BCUT2D eigenvalue weighted by atomic mass is 9.98. The molecule has 2 aliphatic heterocycles. The van der Waals surface area contributed by atoms with Crippen molar-refractivity contribution < 1.29 is 19.1 Å². The number of nitrogens with zero attached hydrogens (tertiary/aromatic N) is 3. The van der Waals surface area contributed by atoms with Crippen LogP contribution in [0.2, 0.25) is 0 Å². The van der Waals surface area contributed by atoms with E-state index in [1.165, 1.54) is 17.3 Å². The van der Waals surface area contributed by atoms with Crippen LogP contribution < -0.4 is 14.8 Å². The minimum absolute atomic E-state index is 0.0132. The molecule has 2 atom stereocenters. The Morgan fingerprint density at radius 2 is 1.72 bits per heavy atom. The second-order valence-corrected chi connectivity index (χ2v) is 10.5. The van der Waals surface area contributed by atoms with Crippen molar-refractivity contribution in [3.05, 3.63) is 89.5 Å². The maximum Gasteiger partial charge on any atom is 0.262 e. The standard InChI is InChI=1S/C30H30N4O4S/c1-4-38-24-15-11-22(12-16-24)31-28(35)18-27-29(36)32-30(39-27)34-26(21-9-13-23(37-3)14-10-21)17-25(33-34)20-7-5-19(2)6-8-20/h5-16,26-27H,4,17-18H2,1-3H3,(H,31,35)/t26-,27-/m0/s1. The number of thioether (sulfide) groups is 1. The van der Waals surface area contributed by atoms with Crippen molar-refractivity contribution in [3.8, 4) is 11.5 Å². The van der Waals surface area contributed by atoms with Gasteiger partial charge in [-0.3, -0.25) is 9.59 Å². The number of amidine groups is 1. The predicted molar refractivity (Wildman–Crippen MR) is 155 cm³/mol. The number of hydrogen-bond donors (Lipinski definition) is 1. The zero-order valence-electron chi connectivity index (χ0n) is 22.1. The Kier molecular flexibility index (Phi) is 7.97. The summed E-state index contributed by atoms with van der Waals surface area (Å²) in [6, 6.07) is 23.1. The molecule has 2 aliphatic rings. The van der Waals surface area contributed by atoms with E-state index in [2.05, 4.69) is 41.5 Å². The van der Waals surface area contributed by atoms with E-state index >= 15 is 0 Å². The average Bonchev–Trinajstić information content (AvgIpc) is 3.54. The van der Waals surface area contributed by atoms with Gasteiger partial charge in [0.05, 0.1) is 25.5 Å². The monoisotopic (exact) mass is 542 g/mol. The second kappa shape index (κ2) is 11.7. The molecule has 1 N–H and O–H groups in total. The van der Waals surface area contributed by atoms with Gasteiger partial charge in [0.25, 0.3) is 5.91 Å². The van der Waals surface area contributed by atoms with E-state index in [9.17, 15) is 9.59 Å². The van der Waals surface area contributed by atoms with Gasteiger partial charge < -0.3 is 14.8 Å². The maximum absolute atomic E-state index is 12.9. The number of hydrazone groups is 1. The molecule has 0 fully saturated rings. The zero-order valence-corrected chi connectivity index (χ0v) is 22.9. The number of rotatable bonds is 8. The number of benzene rings is 3. The fraction of sp³-hybridized carbons (Fsp3) is 0.267. The fourth-order valence-electron chi connectivity index (χ4n) is 4.48. The number of carbonyl (C=O) groups excluding carboxylic acids is 2. The van der Waals surface area contributed by atoms with Gasteiger partial charge in [0.2, 0.25) is 5.91 Å². The molecule has 0 saturated heterocycles. The van der Waals surface area contributed by atoms with E-state index < -0.39 is 5.25 Å². The van der Waals surface area contributed by atoms with Crippen molar-refractivity contribution in [2.45, 2.75) is 38.0 Å². The molecule has 2 amide bonds. The van der Waals surface area contributed by atoms with Crippen LogP contribution in [0.15, 0.2) is 82.9 Å². The summed E-state index contributed by atoms with van der Waals surface area (Å²) < 4.78 is 10.8. The minimum Gasteiger partial charge on any atom is -0.497 e. The number of methoxy groups -OCH3 is 1. The molecule has 0 aliphatic carbocycles. The molecule has 9 heteroatoms. The third kappa shape index (κ3) is 6.15. The molecule has 0 aromatic heterocycles. The summed E-state index contributed by atoms with van der Waals surface area (Å²) in [4.78, 5) is 30.0. The number of hydrogen-bond acceptors (Lipinski definition) is 7. The first-order valence-electron chi connectivity index (χ1n) is 12.8. The number of carbonyl (C=O) groups is 2. The van der Waals surface area contributed by atoms with Gasteiger partial charge in [-0.1, -0.05) is 53.7 Å². The fourth-order valence-corrected chi connectivity index (χ4v) is 5.54. The summed E-state index contributed by atoms with van der Waals surface area (Å²) in [5, 5.41) is 9.48. The number of aliphatic imine (C=N–C) groups is 1. The Morgan fingerprint density at radius 3 is 2.38 bits per heavy atom. The molecule has 3 aromatic carbocycles. The quantitative estimate of drug-likeness (QED) is 0.400. The molecule has 8 nitrogen and oxygen atoms in total. The van der Waals surface area contributed by atoms with Gasteiger partial charge in [-0.25, -0.2) is 5.01 Å². The number of amides is 2. The Bertz CT molecular complexity index is 1400. The van der Waals surface area contributed by atoms with E-state index in [1.54, 1.807) is 31.4 Å². The molecular weight excluding hydrogens is 512 g/mol. The van der Waals surface area contributed by atoms with Crippen LogP contribution in [-0.2, 0) is 9.59 Å². The van der Waals surface area contributed by atoms with Crippen LogP contribution in [0.1, 0.15) is 42.5 Å². The Hall–Kier alpha value is -4.11. The largest absolute Gasteiger partial charge is 0.497 e. The van der Waals surface area contributed by atoms with Gasteiger partial charge in [0.15, 0.2) is 5.17 Å². The van der Waals surface area contributed by atoms with Crippen LogP contribution in [0.3, 0.4) is 0 Å². The smallest absolute Gasteiger partial charge is 0.262 e. The van der Waals surface area contributed by atoms with E-state index in [0.29, 0.717) is 23.9 Å². The summed E-state index contributed by atoms with van der Waals surface area (Å²) in [6.07, 6.45) is 0.672. The maximum atomic E-state index is 12.9. The normalized spacial score (nSPS) is 18.5. The molecule has 3 aromatic rings. The highest BCUT2D eigenvalue weighted by Crippen LogP contribution is 2.39. The van der Waals surface area contributed by atoms with Crippen LogP contribution in [-0.4, -0.2) is 46.7 Å². The number of anilines is 1. The average molecular weight is 543 g/mol. The van der Waals surface area contributed by atoms with Gasteiger partial charge in [-0.15, -0.1) is 0 Å². The summed E-state index contributed by atoms with van der Waals surface area (Å²) in [5.74, 6) is 0.921. The molecule has 2 heterocycles. The topological polar surface area (TPSA) is 92.6 Å². The lowest BCUT2D eigenvalue weighted by molar-refractivity contribution is -0.121. The molecule has 200 valence electrons. The van der Waals surface area contributed by atoms with Crippen LogP contribution in [0.25, 0.3) is 0 Å². The number of nitrogens with one attached hydrogen (secondary N) is 1. The highest BCUT2D eigenvalue weighted by molar-refractivity contribution is 8.15. The molecule has 5 rings (SSSR count). The third-order valence-corrected chi connectivity index (χ3v) is 7.68. The summed E-state index contributed by atoms with van der Waals surface area (Å²) in [7, 11) is 1.64. The molecule has 0 unspecified atom stereocenters. The number of ether oxygens (including phenoxy) is 2. The summed E-state index contributed by atoms with van der Waals surface area (Å²) in [6.45, 7) is 4.54. The van der Waals surface area contributed by atoms with Gasteiger partial charge in [-0.2, -0.15) is 10.1 Å². The first-order chi connectivity index (χ1) is 18.9. The minimum atomic E-state index is -0.613. The Balaban J connectivity index is 1.31. The van der Waals surface area contributed by atoms with Crippen LogP contribution >= 0.6 is 11.8 Å². The van der Waals surface area contributed by atoms with Crippen molar-refractivity contribution in [2.24, 2.45) is 10.1 Å². The molecular formula is C30H30N4O4S. The first kappa shape index (κ1) is 26.5. The van der Waals surface area contributed by atoms with Crippen molar-refractivity contribution in [2.75, 3.05) is 19.0 Å². The van der Waals surface area contributed by atoms with Gasteiger partial charge in [-0.05, 0) is 61.4 Å². The molecule has 0 saturated carbocycles. The number of aryl methyl sites for hydroxylation is 1. The van der Waals surface area contributed by atoms with Crippen molar-refractivity contribution in [1.29, 1.82) is 0 Å². The van der Waals surface area contributed by atoms with Crippen molar-refractivity contribution in [1.82, 2.24) is 5.01 Å². The van der Waals surface area contributed by atoms with Crippen molar-refractivity contribution in [3.63, 3.8) is 0 Å². The first-order valence-corrected chi connectivity index (χ1v) is 13.7. The molecule has 0 radical (unpaired) electrons. The Labute approximate surface area is 232 Å². The van der Waals surface area contributed by atoms with Crippen molar-refractivity contribution >= 4 is 40.1 Å². The summed E-state index contributed by atoms with van der Waals surface area (Å²) >= 11 is 1.28. The lowest BCUT2D eigenvalue weighted by Gasteiger charge is -2.23. The van der Waals surface area contributed by atoms with E-state index in [4.69, 9.17) is 14.6 Å².